The molecular weight excluding hydrogens is 172 g/mol. The van der Waals surface area contributed by atoms with Crippen molar-refractivity contribution in [3.63, 3.8) is 0 Å². The van der Waals surface area contributed by atoms with Gasteiger partial charge < -0.3 is 10.5 Å². The first-order chi connectivity index (χ1) is 5.79. The molecule has 0 fully saturated rings. The molecule has 0 aliphatic rings. The number of nitrogen functional groups attached to an aromatic ring is 1. The van der Waals surface area contributed by atoms with Gasteiger partial charge in [0.25, 0.3) is 5.19 Å². The number of thiazole rings is 1. The third-order valence-corrected chi connectivity index (χ3v) is 2.56. The van der Waals surface area contributed by atoms with Crippen LogP contribution in [-0.4, -0.2) is 12.1 Å². The van der Waals surface area contributed by atoms with E-state index in [1.54, 1.807) is 7.11 Å². The van der Waals surface area contributed by atoms with Crippen molar-refractivity contribution in [1.29, 1.82) is 0 Å². The summed E-state index contributed by atoms with van der Waals surface area (Å²) in [7, 11) is 1.61. The van der Waals surface area contributed by atoms with Crippen molar-refractivity contribution in [3.05, 3.63) is 18.2 Å². The van der Waals surface area contributed by atoms with Gasteiger partial charge in [0.15, 0.2) is 0 Å². The number of anilines is 1. The van der Waals surface area contributed by atoms with E-state index in [1.165, 1.54) is 11.3 Å². The van der Waals surface area contributed by atoms with Gasteiger partial charge in [-0.3, -0.25) is 0 Å². The maximum Gasteiger partial charge on any atom is 0.274 e. The van der Waals surface area contributed by atoms with Crippen LogP contribution in [0, 0.1) is 0 Å². The molecule has 0 atom stereocenters. The number of ether oxygens (including phenoxy) is 1. The second-order valence-electron chi connectivity index (χ2n) is 2.41. The van der Waals surface area contributed by atoms with Crippen molar-refractivity contribution in [3.8, 4) is 5.19 Å². The summed E-state index contributed by atoms with van der Waals surface area (Å²) in [4.78, 5) is 4.21. The molecule has 0 saturated heterocycles. The summed E-state index contributed by atoms with van der Waals surface area (Å²) < 4.78 is 6.10. The minimum Gasteiger partial charge on any atom is -0.473 e. The molecule has 1 aromatic heterocycles. The van der Waals surface area contributed by atoms with Crippen LogP contribution in [0.25, 0.3) is 10.2 Å². The summed E-state index contributed by atoms with van der Waals surface area (Å²) >= 11 is 1.52. The van der Waals surface area contributed by atoms with Crippen LogP contribution >= 0.6 is 11.3 Å². The number of rotatable bonds is 1. The number of nitrogens with zero attached hydrogens (tertiary/aromatic N) is 1. The Morgan fingerprint density at radius 1 is 1.50 bits per heavy atom. The zero-order valence-electron chi connectivity index (χ0n) is 6.57. The first-order valence-electron chi connectivity index (χ1n) is 3.49. The van der Waals surface area contributed by atoms with Crippen LogP contribution in [0.15, 0.2) is 18.2 Å². The van der Waals surface area contributed by atoms with Gasteiger partial charge in [0.1, 0.15) is 0 Å². The van der Waals surface area contributed by atoms with E-state index < -0.39 is 0 Å². The minimum atomic E-state index is 0.676. The lowest BCUT2D eigenvalue weighted by atomic mass is 10.3. The summed E-state index contributed by atoms with van der Waals surface area (Å²) in [6, 6.07) is 5.65. The van der Waals surface area contributed by atoms with Gasteiger partial charge in [-0.15, -0.1) is 0 Å². The number of aromatic nitrogens is 1. The number of methoxy groups -OCH3 is 1. The summed E-state index contributed by atoms with van der Waals surface area (Å²) in [5.74, 6) is 0. The first-order valence-corrected chi connectivity index (χ1v) is 4.31. The van der Waals surface area contributed by atoms with Crippen molar-refractivity contribution in [1.82, 2.24) is 4.98 Å². The van der Waals surface area contributed by atoms with Gasteiger partial charge in [0, 0.05) is 5.69 Å². The topological polar surface area (TPSA) is 48.1 Å². The molecule has 2 aromatic rings. The monoisotopic (exact) mass is 180 g/mol. The summed E-state index contributed by atoms with van der Waals surface area (Å²) in [5, 5.41) is 0.676. The highest BCUT2D eigenvalue weighted by Crippen LogP contribution is 2.28. The Morgan fingerprint density at radius 3 is 3.08 bits per heavy atom. The number of benzene rings is 1. The molecule has 0 bridgehead atoms. The van der Waals surface area contributed by atoms with Crippen molar-refractivity contribution in [2.75, 3.05) is 12.8 Å². The molecule has 0 radical (unpaired) electrons. The molecule has 0 amide bonds. The molecule has 0 aliphatic heterocycles. The van der Waals surface area contributed by atoms with E-state index in [9.17, 15) is 0 Å². The predicted octanol–water partition coefficient (Wildman–Crippen LogP) is 1.89. The largest absolute Gasteiger partial charge is 0.473 e. The second-order valence-corrected chi connectivity index (χ2v) is 3.40. The molecule has 2 rings (SSSR count). The Hall–Kier alpha value is -1.29. The highest BCUT2D eigenvalue weighted by Gasteiger charge is 2.02. The van der Waals surface area contributed by atoms with E-state index in [0.717, 1.165) is 15.9 Å². The number of fused-ring (bicyclic) bond motifs is 1. The van der Waals surface area contributed by atoms with Crippen molar-refractivity contribution in [2.45, 2.75) is 0 Å². The molecule has 3 nitrogen and oxygen atoms in total. The van der Waals surface area contributed by atoms with Crippen LogP contribution in [0.4, 0.5) is 5.69 Å². The van der Waals surface area contributed by atoms with Gasteiger partial charge >= 0.3 is 0 Å². The molecule has 0 unspecified atom stereocenters. The number of hydrogen-bond acceptors (Lipinski definition) is 4. The van der Waals surface area contributed by atoms with Crippen molar-refractivity contribution < 1.29 is 4.74 Å². The zero-order chi connectivity index (χ0) is 8.55. The van der Waals surface area contributed by atoms with Gasteiger partial charge in [0.05, 0.1) is 17.3 Å². The van der Waals surface area contributed by atoms with Gasteiger partial charge in [0.2, 0.25) is 0 Å². The molecule has 0 aliphatic carbocycles. The molecule has 0 spiro atoms. The molecule has 1 heterocycles. The normalized spacial score (nSPS) is 10.4. The molecule has 0 saturated carbocycles. The van der Waals surface area contributed by atoms with Gasteiger partial charge in [-0.2, -0.15) is 0 Å². The minimum absolute atomic E-state index is 0.676. The molecule has 62 valence electrons. The van der Waals surface area contributed by atoms with E-state index >= 15 is 0 Å². The Bertz CT molecular complexity index is 410. The van der Waals surface area contributed by atoms with Crippen LogP contribution in [-0.2, 0) is 0 Å². The fraction of sp³-hybridized carbons (Fsp3) is 0.125. The fourth-order valence-corrected chi connectivity index (χ4v) is 1.77. The number of hydrogen-bond donors (Lipinski definition) is 1. The van der Waals surface area contributed by atoms with Crippen LogP contribution in [0.3, 0.4) is 0 Å². The molecule has 1 aromatic carbocycles. The smallest absolute Gasteiger partial charge is 0.274 e. The lowest BCUT2D eigenvalue weighted by Crippen LogP contribution is -1.82. The van der Waals surface area contributed by atoms with Crippen LogP contribution in [0.2, 0.25) is 0 Å². The quantitative estimate of drug-likeness (QED) is 0.682. The lowest BCUT2D eigenvalue weighted by Gasteiger charge is -1.88. The van der Waals surface area contributed by atoms with Crippen molar-refractivity contribution in [2.24, 2.45) is 0 Å². The second kappa shape index (κ2) is 2.64. The van der Waals surface area contributed by atoms with E-state index in [2.05, 4.69) is 4.98 Å². The molecule has 12 heavy (non-hydrogen) atoms. The average molecular weight is 180 g/mol. The predicted molar refractivity (Wildman–Crippen MR) is 50.6 cm³/mol. The van der Waals surface area contributed by atoms with Gasteiger partial charge in [-0.25, -0.2) is 4.98 Å². The van der Waals surface area contributed by atoms with Gasteiger partial charge in [-0.05, 0) is 18.2 Å². The third kappa shape index (κ3) is 1.10. The van der Waals surface area contributed by atoms with E-state index in [-0.39, 0.29) is 0 Å². The fourth-order valence-electron chi connectivity index (χ4n) is 1.01. The summed E-state index contributed by atoms with van der Waals surface area (Å²) in [5.41, 5.74) is 7.23. The maximum atomic E-state index is 5.60. The Morgan fingerprint density at radius 2 is 2.33 bits per heavy atom. The lowest BCUT2D eigenvalue weighted by molar-refractivity contribution is 0.413. The van der Waals surface area contributed by atoms with Crippen LogP contribution < -0.4 is 10.5 Å². The standard InChI is InChI=1S/C8H8N2OS/c1-11-8-10-6-4-5(9)2-3-7(6)12-8/h2-4H,9H2,1H3. The summed E-state index contributed by atoms with van der Waals surface area (Å²) in [6.07, 6.45) is 0. The van der Waals surface area contributed by atoms with E-state index in [0.29, 0.717) is 5.19 Å². The molecule has 2 N–H and O–H groups in total. The molecule has 4 heteroatoms. The first kappa shape index (κ1) is 7.36. The Balaban J connectivity index is 2.67. The van der Waals surface area contributed by atoms with E-state index in [1.807, 2.05) is 18.2 Å². The third-order valence-electron chi connectivity index (χ3n) is 1.57. The van der Waals surface area contributed by atoms with Crippen molar-refractivity contribution >= 4 is 27.2 Å². The summed E-state index contributed by atoms with van der Waals surface area (Å²) in [6.45, 7) is 0. The Kier molecular flexibility index (Phi) is 1.62. The highest BCUT2D eigenvalue weighted by molar-refractivity contribution is 7.20. The van der Waals surface area contributed by atoms with Crippen LogP contribution in [0.5, 0.6) is 5.19 Å². The average Bonchev–Trinajstić information content (AvgIpc) is 2.46. The highest BCUT2D eigenvalue weighted by atomic mass is 32.1. The maximum absolute atomic E-state index is 5.60. The Labute approximate surface area is 73.8 Å². The van der Waals surface area contributed by atoms with E-state index in [4.69, 9.17) is 10.5 Å². The number of nitrogens with two attached hydrogens (primary N) is 1. The SMILES string of the molecule is COc1nc2cc(N)ccc2s1. The molecular formula is C8H8N2OS. The zero-order valence-corrected chi connectivity index (χ0v) is 7.39. The van der Waals surface area contributed by atoms with Gasteiger partial charge in [-0.1, -0.05) is 11.3 Å². The van der Waals surface area contributed by atoms with Crippen LogP contribution in [0.1, 0.15) is 0 Å².